The molecule has 2 heterocycles. The number of aromatic nitrogens is 1. The molecule has 0 radical (unpaired) electrons. The van der Waals surface area contributed by atoms with Crippen molar-refractivity contribution in [1.82, 2.24) is 10.3 Å². The van der Waals surface area contributed by atoms with Crippen LogP contribution in [0, 0.1) is 0 Å². The molecule has 2 rings (SSSR count). The van der Waals surface area contributed by atoms with Crippen LogP contribution in [0.1, 0.15) is 38.7 Å². The van der Waals surface area contributed by atoms with Crippen LogP contribution in [0.2, 0.25) is 0 Å². The van der Waals surface area contributed by atoms with E-state index in [9.17, 15) is 0 Å². The Morgan fingerprint density at radius 3 is 3.16 bits per heavy atom. The first-order valence-corrected chi connectivity index (χ1v) is 7.01. The van der Waals surface area contributed by atoms with Gasteiger partial charge in [0.25, 0.3) is 0 Å². The summed E-state index contributed by atoms with van der Waals surface area (Å²) in [6.07, 6.45) is 5.01. The Kier molecular flexibility index (Phi) is 4.77. The largest absolute Gasteiger partial charge is 0.481 e. The minimum Gasteiger partial charge on any atom is -0.481 e. The van der Waals surface area contributed by atoms with Gasteiger partial charge in [-0.15, -0.1) is 0 Å². The van der Waals surface area contributed by atoms with E-state index in [1.54, 1.807) is 13.3 Å². The van der Waals surface area contributed by atoms with Crippen molar-refractivity contribution in [2.24, 2.45) is 0 Å². The van der Waals surface area contributed by atoms with E-state index in [4.69, 9.17) is 9.47 Å². The number of hydrogen-bond donors (Lipinski definition) is 1. The second-order valence-corrected chi connectivity index (χ2v) is 5.43. The van der Waals surface area contributed by atoms with Crippen LogP contribution >= 0.6 is 0 Å². The third-order valence-corrected chi connectivity index (χ3v) is 3.95. The predicted molar refractivity (Wildman–Crippen MR) is 75.3 cm³/mol. The molecule has 2 atom stereocenters. The Balaban J connectivity index is 1.87. The highest BCUT2D eigenvalue weighted by Gasteiger charge is 2.31. The van der Waals surface area contributed by atoms with E-state index >= 15 is 0 Å². The SMILES string of the molecule is CCC1(C)CC(NCc2ccnc(OC)c2)CCO1. The lowest BCUT2D eigenvalue weighted by molar-refractivity contribution is -0.0781. The molecule has 0 spiro atoms. The topological polar surface area (TPSA) is 43.4 Å². The maximum absolute atomic E-state index is 5.86. The number of rotatable bonds is 5. The lowest BCUT2D eigenvalue weighted by Gasteiger charge is -2.38. The molecule has 0 aromatic carbocycles. The lowest BCUT2D eigenvalue weighted by Crippen LogP contribution is -2.44. The third kappa shape index (κ3) is 3.91. The molecular weight excluding hydrogens is 240 g/mol. The molecule has 1 aliphatic rings. The van der Waals surface area contributed by atoms with Gasteiger partial charge >= 0.3 is 0 Å². The van der Waals surface area contributed by atoms with Crippen LogP contribution in [0.4, 0.5) is 0 Å². The van der Waals surface area contributed by atoms with Gasteiger partial charge in [-0.25, -0.2) is 4.98 Å². The van der Waals surface area contributed by atoms with Gasteiger partial charge in [-0.3, -0.25) is 0 Å². The number of pyridine rings is 1. The van der Waals surface area contributed by atoms with Crippen molar-refractivity contribution in [3.8, 4) is 5.88 Å². The molecule has 0 bridgehead atoms. The number of methoxy groups -OCH3 is 1. The summed E-state index contributed by atoms with van der Waals surface area (Å²) < 4.78 is 11.0. The van der Waals surface area contributed by atoms with Gasteiger partial charge in [0.05, 0.1) is 12.7 Å². The molecule has 0 aliphatic carbocycles. The zero-order valence-corrected chi connectivity index (χ0v) is 12.1. The van der Waals surface area contributed by atoms with Crippen LogP contribution in [0.5, 0.6) is 5.88 Å². The highest BCUT2D eigenvalue weighted by Crippen LogP contribution is 2.27. The Morgan fingerprint density at radius 2 is 2.42 bits per heavy atom. The smallest absolute Gasteiger partial charge is 0.213 e. The standard InChI is InChI=1S/C15H24N2O2/c1-4-15(2)10-13(6-8-19-15)17-11-12-5-7-16-14(9-12)18-3/h5,7,9,13,17H,4,6,8,10-11H2,1-3H3. The fourth-order valence-electron chi connectivity index (χ4n) is 2.48. The molecule has 106 valence electrons. The molecule has 1 fully saturated rings. The van der Waals surface area contributed by atoms with Crippen molar-refractivity contribution in [1.29, 1.82) is 0 Å². The van der Waals surface area contributed by atoms with E-state index in [-0.39, 0.29) is 5.60 Å². The maximum atomic E-state index is 5.86. The van der Waals surface area contributed by atoms with Gasteiger partial charge < -0.3 is 14.8 Å². The minimum atomic E-state index is 0.0336. The van der Waals surface area contributed by atoms with Crippen LogP contribution in [0.3, 0.4) is 0 Å². The van der Waals surface area contributed by atoms with Crippen molar-refractivity contribution in [3.05, 3.63) is 23.9 Å². The molecule has 0 amide bonds. The first-order valence-electron chi connectivity index (χ1n) is 7.01. The van der Waals surface area contributed by atoms with Gasteiger partial charge in [-0.1, -0.05) is 6.92 Å². The van der Waals surface area contributed by atoms with E-state index in [0.717, 1.165) is 32.4 Å². The fraction of sp³-hybridized carbons (Fsp3) is 0.667. The summed E-state index contributed by atoms with van der Waals surface area (Å²) >= 11 is 0. The van der Waals surface area contributed by atoms with Crippen LogP contribution < -0.4 is 10.1 Å². The average Bonchev–Trinajstić information content (AvgIpc) is 2.45. The Bertz CT molecular complexity index is 411. The summed E-state index contributed by atoms with van der Waals surface area (Å²) in [6.45, 7) is 6.09. The second-order valence-electron chi connectivity index (χ2n) is 5.43. The maximum Gasteiger partial charge on any atom is 0.213 e. The molecule has 4 nitrogen and oxygen atoms in total. The van der Waals surface area contributed by atoms with E-state index in [1.165, 1.54) is 5.56 Å². The van der Waals surface area contributed by atoms with Gasteiger partial charge in [0.1, 0.15) is 0 Å². The highest BCUT2D eigenvalue weighted by molar-refractivity contribution is 5.20. The molecule has 4 heteroatoms. The number of nitrogens with zero attached hydrogens (tertiary/aromatic N) is 1. The van der Waals surface area contributed by atoms with E-state index in [1.807, 2.05) is 12.1 Å². The lowest BCUT2D eigenvalue weighted by atomic mass is 9.90. The predicted octanol–water partition coefficient (Wildman–Crippen LogP) is 2.53. The molecule has 1 saturated heterocycles. The molecule has 0 saturated carbocycles. The Morgan fingerprint density at radius 1 is 1.58 bits per heavy atom. The first kappa shape index (κ1) is 14.3. The van der Waals surface area contributed by atoms with Crippen molar-refractivity contribution in [2.75, 3.05) is 13.7 Å². The second kappa shape index (κ2) is 6.35. The molecule has 2 unspecified atom stereocenters. The van der Waals surface area contributed by atoms with Crippen molar-refractivity contribution in [2.45, 2.75) is 51.3 Å². The van der Waals surface area contributed by atoms with Gasteiger partial charge in [0, 0.05) is 31.5 Å². The third-order valence-electron chi connectivity index (χ3n) is 3.95. The Labute approximate surface area is 115 Å². The van der Waals surface area contributed by atoms with E-state index < -0.39 is 0 Å². The number of hydrogen-bond acceptors (Lipinski definition) is 4. The van der Waals surface area contributed by atoms with Crippen LogP contribution in [0.15, 0.2) is 18.3 Å². The normalized spacial score (nSPS) is 27.2. The molecular formula is C15H24N2O2. The summed E-state index contributed by atoms with van der Waals surface area (Å²) in [7, 11) is 1.64. The van der Waals surface area contributed by atoms with Crippen molar-refractivity contribution >= 4 is 0 Å². The minimum absolute atomic E-state index is 0.0336. The summed E-state index contributed by atoms with van der Waals surface area (Å²) in [4.78, 5) is 4.12. The average molecular weight is 264 g/mol. The summed E-state index contributed by atoms with van der Waals surface area (Å²) in [5.74, 6) is 0.671. The quantitative estimate of drug-likeness (QED) is 0.887. The monoisotopic (exact) mass is 264 g/mol. The fourth-order valence-corrected chi connectivity index (χ4v) is 2.48. The number of ether oxygens (including phenoxy) is 2. The van der Waals surface area contributed by atoms with Crippen molar-refractivity contribution in [3.63, 3.8) is 0 Å². The molecule has 1 aromatic rings. The summed E-state index contributed by atoms with van der Waals surface area (Å²) in [6, 6.07) is 4.53. The van der Waals surface area contributed by atoms with Gasteiger partial charge in [0.15, 0.2) is 0 Å². The molecule has 1 aromatic heterocycles. The van der Waals surface area contributed by atoms with E-state index in [2.05, 4.69) is 24.1 Å². The van der Waals surface area contributed by atoms with Crippen LogP contribution in [0.25, 0.3) is 0 Å². The Hall–Kier alpha value is -1.13. The zero-order chi connectivity index (χ0) is 13.7. The van der Waals surface area contributed by atoms with Gasteiger partial charge in [0.2, 0.25) is 5.88 Å². The molecule has 1 N–H and O–H groups in total. The highest BCUT2D eigenvalue weighted by atomic mass is 16.5. The zero-order valence-electron chi connectivity index (χ0n) is 12.1. The summed E-state index contributed by atoms with van der Waals surface area (Å²) in [5.41, 5.74) is 1.24. The van der Waals surface area contributed by atoms with Crippen LogP contribution in [-0.4, -0.2) is 30.3 Å². The van der Waals surface area contributed by atoms with Gasteiger partial charge in [-0.2, -0.15) is 0 Å². The molecule has 1 aliphatic heterocycles. The van der Waals surface area contributed by atoms with Crippen LogP contribution in [-0.2, 0) is 11.3 Å². The summed E-state index contributed by atoms with van der Waals surface area (Å²) in [5, 5.41) is 3.62. The number of nitrogens with one attached hydrogen (secondary N) is 1. The van der Waals surface area contributed by atoms with E-state index in [0.29, 0.717) is 11.9 Å². The first-order chi connectivity index (χ1) is 9.15. The van der Waals surface area contributed by atoms with Crippen molar-refractivity contribution < 1.29 is 9.47 Å². The molecule has 19 heavy (non-hydrogen) atoms. The van der Waals surface area contributed by atoms with Gasteiger partial charge in [-0.05, 0) is 37.8 Å².